The number of rotatable bonds is 0. The van der Waals surface area contributed by atoms with Crippen molar-refractivity contribution >= 4 is 5.78 Å². The van der Waals surface area contributed by atoms with Gasteiger partial charge in [-0.25, -0.2) is 0 Å². The summed E-state index contributed by atoms with van der Waals surface area (Å²) in [5.74, 6) is 2.91. The predicted molar refractivity (Wildman–Crippen MR) is 73.0 cm³/mol. The van der Waals surface area contributed by atoms with E-state index >= 15 is 0 Å². The number of hydrogen-bond donors (Lipinski definition) is 0. The maximum atomic E-state index is 11.9. The van der Waals surface area contributed by atoms with E-state index in [0.29, 0.717) is 23.8 Å². The molecule has 2 fully saturated rings. The minimum atomic E-state index is 0.185. The van der Waals surface area contributed by atoms with Gasteiger partial charge in [0, 0.05) is 24.2 Å². The van der Waals surface area contributed by atoms with Crippen molar-refractivity contribution in [3.63, 3.8) is 0 Å². The molecule has 18 heavy (non-hydrogen) atoms. The van der Waals surface area contributed by atoms with E-state index in [2.05, 4.69) is 31.9 Å². The molecular weight excluding hydrogens is 222 g/mol. The van der Waals surface area contributed by atoms with E-state index < -0.39 is 0 Å². The van der Waals surface area contributed by atoms with Gasteiger partial charge in [-0.3, -0.25) is 4.79 Å². The molecule has 6 atom stereocenters. The van der Waals surface area contributed by atoms with E-state index in [1.807, 2.05) is 6.08 Å². The molecule has 2 heteroatoms. The van der Waals surface area contributed by atoms with Crippen LogP contribution in [0.15, 0.2) is 12.3 Å². The molecule has 2 heterocycles. The second kappa shape index (κ2) is 4.40. The van der Waals surface area contributed by atoms with E-state index in [0.717, 1.165) is 11.8 Å². The predicted octanol–water partition coefficient (Wildman–Crippen LogP) is 3.23. The molecular formula is C16H25NO. The van der Waals surface area contributed by atoms with Crippen LogP contribution in [0.1, 0.15) is 46.5 Å². The third kappa shape index (κ3) is 1.81. The van der Waals surface area contributed by atoms with Crippen LogP contribution in [0, 0.1) is 23.7 Å². The lowest BCUT2D eigenvalue weighted by Crippen LogP contribution is -2.58. The van der Waals surface area contributed by atoms with Gasteiger partial charge in [-0.2, -0.15) is 0 Å². The van der Waals surface area contributed by atoms with Crippen molar-refractivity contribution in [3.8, 4) is 0 Å². The number of nitrogens with zero attached hydrogens (tertiary/aromatic N) is 1. The number of allylic oxidation sites excluding steroid dienone is 1. The molecule has 0 aromatic heterocycles. The van der Waals surface area contributed by atoms with Crippen LogP contribution >= 0.6 is 0 Å². The smallest absolute Gasteiger partial charge is 0.161 e. The molecule has 2 aliphatic heterocycles. The zero-order chi connectivity index (χ0) is 12.9. The van der Waals surface area contributed by atoms with E-state index in [4.69, 9.17) is 0 Å². The lowest BCUT2D eigenvalue weighted by molar-refractivity contribution is -0.124. The number of carbonyl (C=O) groups excluding carboxylic acids is 1. The lowest BCUT2D eigenvalue weighted by atomic mass is 9.67. The zero-order valence-electron chi connectivity index (χ0n) is 11.8. The minimum Gasteiger partial charge on any atom is -0.370 e. The number of ketones is 1. The molecule has 6 unspecified atom stereocenters. The Balaban J connectivity index is 1.88. The van der Waals surface area contributed by atoms with Crippen LogP contribution in [0.3, 0.4) is 0 Å². The molecule has 0 amide bonds. The quantitative estimate of drug-likeness (QED) is 0.655. The Labute approximate surface area is 110 Å². The van der Waals surface area contributed by atoms with E-state index in [-0.39, 0.29) is 5.92 Å². The third-order valence-corrected chi connectivity index (χ3v) is 5.56. The van der Waals surface area contributed by atoms with Gasteiger partial charge in [0.1, 0.15) is 0 Å². The van der Waals surface area contributed by atoms with E-state index in [9.17, 15) is 4.79 Å². The Morgan fingerprint density at radius 2 is 1.94 bits per heavy atom. The van der Waals surface area contributed by atoms with Crippen molar-refractivity contribution in [2.45, 2.75) is 58.5 Å². The Morgan fingerprint density at radius 1 is 1.17 bits per heavy atom. The first-order chi connectivity index (χ1) is 8.58. The molecule has 0 spiro atoms. The fraction of sp³-hybridized carbons (Fsp3) is 0.812. The van der Waals surface area contributed by atoms with Gasteiger partial charge in [-0.1, -0.05) is 20.8 Å². The molecule has 0 radical (unpaired) electrons. The van der Waals surface area contributed by atoms with Crippen LogP contribution in [0.25, 0.3) is 0 Å². The third-order valence-electron chi connectivity index (χ3n) is 5.56. The maximum absolute atomic E-state index is 11.9. The van der Waals surface area contributed by atoms with Crippen LogP contribution in [0.5, 0.6) is 0 Å². The van der Waals surface area contributed by atoms with Gasteiger partial charge in [0.25, 0.3) is 0 Å². The van der Waals surface area contributed by atoms with Crippen molar-refractivity contribution in [1.29, 1.82) is 0 Å². The van der Waals surface area contributed by atoms with Crippen molar-refractivity contribution in [1.82, 2.24) is 4.90 Å². The van der Waals surface area contributed by atoms with Crippen LogP contribution in [0.4, 0.5) is 0 Å². The molecule has 0 aromatic carbocycles. The highest BCUT2D eigenvalue weighted by Crippen LogP contribution is 2.45. The number of carbonyl (C=O) groups is 1. The van der Waals surface area contributed by atoms with Gasteiger partial charge in [-0.05, 0) is 49.5 Å². The lowest BCUT2D eigenvalue weighted by Gasteiger charge is -2.54. The maximum Gasteiger partial charge on any atom is 0.161 e. The summed E-state index contributed by atoms with van der Waals surface area (Å²) in [5, 5.41) is 0. The number of piperidine rings is 1. The fourth-order valence-corrected chi connectivity index (χ4v) is 4.70. The topological polar surface area (TPSA) is 20.3 Å². The number of fused-ring (bicyclic) bond motifs is 3. The van der Waals surface area contributed by atoms with Crippen molar-refractivity contribution in [3.05, 3.63) is 12.3 Å². The summed E-state index contributed by atoms with van der Waals surface area (Å²) in [4.78, 5) is 14.4. The first-order valence-electron chi connectivity index (χ1n) is 7.57. The summed E-state index contributed by atoms with van der Waals surface area (Å²) >= 11 is 0. The van der Waals surface area contributed by atoms with Gasteiger partial charge < -0.3 is 4.90 Å². The summed E-state index contributed by atoms with van der Waals surface area (Å²) in [7, 11) is 0. The average Bonchev–Trinajstić information content (AvgIpc) is 2.32. The van der Waals surface area contributed by atoms with Crippen LogP contribution in [-0.4, -0.2) is 22.8 Å². The standard InChI is InChI=1S/C16H25NO/c1-10-4-5-14-13(8-10)9-11(2)16-12(3)15(18)6-7-17(14)16/h6-7,10-14,16H,4-5,8-9H2,1-3H3. The molecule has 3 rings (SSSR count). The van der Waals surface area contributed by atoms with Gasteiger partial charge in [0.15, 0.2) is 5.78 Å². The molecule has 3 aliphatic rings. The van der Waals surface area contributed by atoms with Crippen molar-refractivity contribution in [2.75, 3.05) is 0 Å². The van der Waals surface area contributed by atoms with Gasteiger partial charge in [0.05, 0.1) is 0 Å². The molecule has 2 nitrogen and oxygen atoms in total. The van der Waals surface area contributed by atoms with Gasteiger partial charge in [-0.15, -0.1) is 0 Å². The Morgan fingerprint density at radius 3 is 2.72 bits per heavy atom. The molecule has 0 bridgehead atoms. The second-order valence-electron chi connectivity index (χ2n) is 6.90. The highest BCUT2D eigenvalue weighted by Gasteiger charge is 2.46. The highest BCUT2D eigenvalue weighted by molar-refractivity contribution is 5.92. The largest absolute Gasteiger partial charge is 0.370 e. The van der Waals surface area contributed by atoms with Crippen LogP contribution in [-0.2, 0) is 4.79 Å². The Bertz CT molecular complexity index is 375. The normalized spacial score (nSPS) is 47.7. The fourth-order valence-electron chi connectivity index (χ4n) is 4.70. The Hall–Kier alpha value is -0.790. The molecule has 0 aromatic rings. The minimum absolute atomic E-state index is 0.185. The summed E-state index contributed by atoms with van der Waals surface area (Å²) < 4.78 is 0. The molecule has 1 saturated carbocycles. The SMILES string of the molecule is CC1CCC2C(C1)CC(C)C1C(C)C(=O)C=CN21. The van der Waals surface area contributed by atoms with Crippen LogP contribution in [0.2, 0.25) is 0 Å². The summed E-state index contributed by atoms with van der Waals surface area (Å²) in [6, 6.07) is 1.16. The van der Waals surface area contributed by atoms with Crippen molar-refractivity contribution < 1.29 is 4.79 Å². The first-order valence-corrected chi connectivity index (χ1v) is 7.57. The molecule has 1 aliphatic carbocycles. The molecule has 0 N–H and O–H groups in total. The molecule has 1 saturated heterocycles. The van der Waals surface area contributed by atoms with Crippen LogP contribution < -0.4 is 0 Å². The monoisotopic (exact) mass is 247 g/mol. The van der Waals surface area contributed by atoms with E-state index in [1.165, 1.54) is 25.7 Å². The van der Waals surface area contributed by atoms with Crippen molar-refractivity contribution in [2.24, 2.45) is 23.7 Å². The average molecular weight is 247 g/mol. The molecule has 100 valence electrons. The summed E-state index contributed by atoms with van der Waals surface area (Å²) in [5.41, 5.74) is 0. The van der Waals surface area contributed by atoms with Gasteiger partial charge >= 0.3 is 0 Å². The van der Waals surface area contributed by atoms with Gasteiger partial charge in [0.2, 0.25) is 0 Å². The summed E-state index contributed by atoms with van der Waals surface area (Å²) in [6.07, 6.45) is 9.30. The summed E-state index contributed by atoms with van der Waals surface area (Å²) in [6.45, 7) is 6.85. The van der Waals surface area contributed by atoms with E-state index in [1.54, 1.807) is 0 Å². The second-order valence-corrected chi connectivity index (χ2v) is 6.90. The zero-order valence-corrected chi connectivity index (χ0v) is 11.8. The Kier molecular flexibility index (Phi) is 2.99. The highest BCUT2D eigenvalue weighted by atomic mass is 16.1. The number of hydrogen-bond acceptors (Lipinski definition) is 2. The first kappa shape index (κ1) is 12.3.